The highest BCUT2D eigenvalue weighted by Crippen LogP contribution is 2.38. The van der Waals surface area contributed by atoms with Crippen molar-refractivity contribution < 1.29 is 9.90 Å². The van der Waals surface area contributed by atoms with Gasteiger partial charge in [0, 0.05) is 17.3 Å². The quantitative estimate of drug-likeness (QED) is 0.460. The van der Waals surface area contributed by atoms with Gasteiger partial charge in [0.15, 0.2) is 5.69 Å². The zero-order chi connectivity index (χ0) is 22.6. The summed E-state index contributed by atoms with van der Waals surface area (Å²) in [5, 5.41) is 19.6. The van der Waals surface area contributed by atoms with Gasteiger partial charge in [0.25, 0.3) is 11.5 Å². The monoisotopic (exact) mass is 449 g/mol. The van der Waals surface area contributed by atoms with Gasteiger partial charge in [-0.2, -0.15) is 0 Å². The van der Waals surface area contributed by atoms with Gasteiger partial charge in [-0.1, -0.05) is 25.1 Å². The number of fused-ring (bicyclic) bond motifs is 4. The molecular formula is C23H23N5O3S. The molecule has 164 valence electrons. The smallest absolute Gasteiger partial charge is 0.287 e. The van der Waals surface area contributed by atoms with Crippen molar-refractivity contribution >= 4 is 44.1 Å². The van der Waals surface area contributed by atoms with Crippen LogP contribution in [0.5, 0.6) is 5.88 Å². The summed E-state index contributed by atoms with van der Waals surface area (Å²) in [5.41, 5.74) is 1.87. The number of benzene rings is 1. The van der Waals surface area contributed by atoms with E-state index in [0.29, 0.717) is 16.7 Å². The Labute approximate surface area is 187 Å². The van der Waals surface area contributed by atoms with Crippen molar-refractivity contribution in [2.24, 2.45) is 23.2 Å². The molecule has 1 N–H and O–H groups in total. The first-order valence-electron chi connectivity index (χ1n) is 10.6. The Morgan fingerprint density at radius 1 is 1.34 bits per heavy atom. The maximum Gasteiger partial charge on any atom is 0.287 e. The van der Waals surface area contributed by atoms with Crippen LogP contribution in [0.4, 0.5) is 5.69 Å². The number of carbonyl (C=O) groups is 1. The summed E-state index contributed by atoms with van der Waals surface area (Å²) in [6, 6.07) is 6.48. The first kappa shape index (κ1) is 20.6. The van der Waals surface area contributed by atoms with E-state index in [1.165, 1.54) is 15.8 Å². The minimum atomic E-state index is -0.863. The van der Waals surface area contributed by atoms with Gasteiger partial charge in [0.2, 0.25) is 5.88 Å². The summed E-state index contributed by atoms with van der Waals surface area (Å²) in [7, 11) is 1.71. The Bertz CT molecular complexity index is 1460. The predicted molar refractivity (Wildman–Crippen MR) is 124 cm³/mol. The standard InChI is InChI=1S/C23H23N5O3S/c1-12-8-9-15-17(10-12)32-21-18(15)22(30)28(11-24-21)13(2)20(29)26-25-19-14-6-4-5-7-16(14)27(3)23(19)31/h4-7,11-13,31H,8-10H2,1-3H3/t12-,13-/m1/s1. The Morgan fingerprint density at radius 3 is 2.94 bits per heavy atom. The molecule has 3 heterocycles. The summed E-state index contributed by atoms with van der Waals surface area (Å²) >= 11 is 1.58. The molecule has 1 aliphatic carbocycles. The average molecular weight is 450 g/mol. The second kappa shape index (κ2) is 7.67. The largest absolute Gasteiger partial charge is 0.493 e. The molecule has 0 saturated heterocycles. The van der Waals surface area contributed by atoms with Gasteiger partial charge in [0.1, 0.15) is 10.9 Å². The fraction of sp³-hybridized carbons (Fsp3) is 0.348. The van der Waals surface area contributed by atoms with Gasteiger partial charge >= 0.3 is 0 Å². The molecule has 5 rings (SSSR count). The molecule has 3 aromatic heterocycles. The average Bonchev–Trinajstić information content (AvgIpc) is 3.27. The summed E-state index contributed by atoms with van der Waals surface area (Å²) in [6.45, 7) is 3.83. The van der Waals surface area contributed by atoms with Crippen LogP contribution in [0.3, 0.4) is 0 Å². The van der Waals surface area contributed by atoms with Crippen molar-refractivity contribution in [3.8, 4) is 5.88 Å². The SMILES string of the molecule is C[C@@H]1CCc2c(sc3ncn([C@H](C)C(=O)N=Nc4c(O)n(C)c5ccccc45)c(=O)c23)C1. The van der Waals surface area contributed by atoms with Gasteiger partial charge < -0.3 is 9.67 Å². The first-order valence-corrected chi connectivity index (χ1v) is 11.4. The number of nitrogens with zero attached hydrogens (tertiary/aromatic N) is 5. The Balaban J connectivity index is 1.49. The summed E-state index contributed by atoms with van der Waals surface area (Å²) < 4.78 is 2.91. The van der Waals surface area contributed by atoms with Crippen molar-refractivity contribution in [1.29, 1.82) is 0 Å². The normalized spacial score (nSPS) is 17.3. The molecule has 4 aromatic rings. The number of aromatic nitrogens is 3. The number of hydrogen-bond acceptors (Lipinski definition) is 6. The molecule has 0 radical (unpaired) electrons. The van der Waals surface area contributed by atoms with E-state index in [-0.39, 0.29) is 17.1 Å². The third-order valence-corrected chi connectivity index (χ3v) is 7.48. The number of hydrogen-bond donors (Lipinski definition) is 1. The predicted octanol–water partition coefficient (Wildman–Crippen LogP) is 4.65. The molecule has 9 heteroatoms. The lowest BCUT2D eigenvalue weighted by atomic mass is 9.89. The lowest BCUT2D eigenvalue weighted by Gasteiger charge is -2.17. The highest BCUT2D eigenvalue weighted by atomic mass is 32.1. The maximum atomic E-state index is 13.3. The number of thiophene rings is 1. The van der Waals surface area contributed by atoms with Crippen LogP contribution in [0.15, 0.2) is 45.6 Å². The number of carbonyl (C=O) groups excluding carboxylic acids is 1. The molecule has 0 bridgehead atoms. The number of azo groups is 1. The maximum absolute atomic E-state index is 13.3. The van der Waals surface area contributed by atoms with Gasteiger partial charge in [-0.05, 0) is 43.7 Å². The van der Waals surface area contributed by atoms with Gasteiger partial charge in [-0.3, -0.25) is 14.2 Å². The molecule has 1 aromatic carbocycles. The van der Waals surface area contributed by atoms with Crippen LogP contribution in [0.1, 0.15) is 36.8 Å². The van der Waals surface area contributed by atoms with E-state index in [2.05, 4.69) is 22.1 Å². The molecule has 1 amide bonds. The lowest BCUT2D eigenvalue weighted by molar-refractivity contribution is -0.121. The lowest BCUT2D eigenvalue weighted by Crippen LogP contribution is -2.28. The fourth-order valence-corrected chi connectivity index (χ4v) is 5.72. The van der Waals surface area contributed by atoms with Crippen molar-refractivity contribution in [2.45, 2.75) is 39.2 Å². The molecule has 1 aliphatic rings. The summed E-state index contributed by atoms with van der Waals surface area (Å²) in [4.78, 5) is 32.5. The van der Waals surface area contributed by atoms with Crippen LogP contribution in [0.2, 0.25) is 0 Å². The first-order chi connectivity index (χ1) is 15.4. The number of amides is 1. The van der Waals surface area contributed by atoms with E-state index in [4.69, 9.17) is 0 Å². The van der Waals surface area contributed by atoms with Crippen LogP contribution in [-0.4, -0.2) is 25.1 Å². The summed E-state index contributed by atoms with van der Waals surface area (Å²) in [6.07, 6.45) is 4.29. The van der Waals surface area contributed by atoms with E-state index in [1.807, 2.05) is 18.2 Å². The second-order valence-electron chi connectivity index (χ2n) is 8.45. The van der Waals surface area contributed by atoms with Gasteiger partial charge in [0.05, 0.1) is 17.2 Å². The molecular weight excluding hydrogens is 426 g/mol. The Kier molecular flexibility index (Phi) is 4.93. The number of aromatic hydroxyl groups is 1. The molecule has 32 heavy (non-hydrogen) atoms. The number of para-hydroxylation sites is 1. The molecule has 0 saturated carbocycles. The van der Waals surface area contributed by atoms with Gasteiger partial charge in [-0.25, -0.2) is 4.98 Å². The van der Waals surface area contributed by atoms with Crippen LogP contribution in [0, 0.1) is 5.92 Å². The molecule has 0 aliphatic heterocycles. The van der Waals surface area contributed by atoms with E-state index in [1.54, 1.807) is 35.9 Å². The molecule has 0 unspecified atom stereocenters. The third kappa shape index (κ3) is 3.15. The van der Waals surface area contributed by atoms with E-state index in [9.17, 15) is 14.7 Å². The van der Waals surface area contributed by atoms with Crippen LogP contribution in [0.25, 0.3) is 21.1 Å². The Morgan fingerprint density at radius 2 is 2.12 bits per heavy atom. The molecule has 8 nitrogen and oxygen atoms in total. The van der Waals surface area contributed by atoms with Crippen molar-refractivity contribution in [2.75, 3.05) is 0 Å². The number of aryl methyl sites for hydroxylation is 2. The highest BCUT2D eigenvalue weighted by molar-refractivity contribution is 7.18. The van der Waals surface area contributed by atoms with E-state index in [0.717, 1.165) is 35.2 Å². The minimum absolute atomic E-state index is 0.0743. The van der Waals surface area contributed by atoms with Crippen molar-refractivity contribution in [1.82, 2.24) is 14.1 Å². The van der Waals surface area contributed by atoms with Crippen LogP contribution >= 0.6 is 11.3 Å². The highest BCUT2D eigenvalue weighted by Gasteiger charge is 2.25. The zero-order valence-corrected chi connectivity index (χ0v) is 18.9. The van der Waals surface area contributed by atoms with E-state index >= 15 is 0 Å². The Hall–Kier alpha value is -3.33. The van der Waals surface area contributed by atoms with Crippen molar-refractivity contribution in [3.63, 3.8) is 0 Å². The summed E-state index contributed by atoms with van der Waals surface area (Å²) in [5.74, 6) is -0.0581. The van der Waals surface area contributed by atoms with Crippen LogP contribution < -0.4 is 5.56 Å². The van der Waals surface area contributed by atoms with Crippen LogP contribution in [-0.2, 0) is 24.7 Å². The molecule has 0 fully saturated rings. The topological polar surface area (TPSA) is 102 Å². The third-order valence-electron chi connectivity index (χ3n) is 6.31. The molecule has 0 spiro atoms. The zero-order valence-electron chi connectivity index (χ0n) is 18.1. The minimum Gasteiger partial charge on any atom is -0.493 e. The van der Waals surface area contributed by atoms with Gasteiger partial charge in [-0.15, -0.1) is 21.6 Å². The fourth-order valence-electron chi connectivity index (χ4n) is 4.38. The second-order valence-corrected chi connectivity index (χ2v) is 9.54. The van der Waals surface area contributed by atoms with Crippen molar-refractivity contribution in [3.05, 3.63) is 51.4 Å². The van der Waals surface area contributed by atoms with E-state index < -0.39 is 11.9 Å². The molecule has 2 atom stereocenters. The number of rotatable bonds is 3.